The van der Waals surface area contributed by atoms with Gasteiger partial charge in [-0.2, -0.15) is 0 Å². The maximum atomic E-state index is 11.0. The fourth-order valence-corrected chi connectivity index (χ4v) is 3.68. The van der Waals surface area contributed by atoms with E-state index in [0.29, 0.717) is 14.9 Å². The minimum absolute atomic E-state index is 0.309. The van der Waals surface area contributed by atoms with Crippen LogP contribution in [0.2, 0.25) is 10.0 Å². The van der Waals surface area contributed by atoms with E-state index < -0.39 is 5.97 Å². The number of aromatic nitrogens is 1. The number of benzene rings is 1. The minimum Gasteiger partial charge on any atom is -0.477 e. The quantitative estimate of drug-likeness (QED) is 0.724. The number of carboxylic acid groups (broad SMARTS) is 1. The molecule has 0 fully saturated rings. The Labute approximate surface area is 116 Å². The molecule has 18 heavy (non-hydrogen) atoms. The molecule has 1 aromatic carbocycles. The van der Waals surface area contributed by atoms with Crippen molar-refractivity contribution in [2.24, 2.45) is 7.05 Å². The lowest BCUT2D eigenvalue weighted by molar-refractivity contribution is 0.0702. The minimum atomic E-state index is -0.922. The Hall–Kier alpha value is -1.23. The molecule has 0 aliphatic carbocycles. The highest BCUT2D eigenvalue weighted by atomic mass is 35.5. The Morgan fingerprint density at radius 3 is 2.72 bits per heavy atom. The Kier molecular flexibility index (Phi) is 2.55. The molecule has 6 heteroatoms. The van der Waals surface area contributed by atoms with Crippen LogP contribution in [0.4, 0.5) is 0 Å². The van der Waals surface area contributed by atoms with Crippen molar-refractivity contribution in [3.05, 3.63) is 33.1 Å². The van der Waals surface area contributed by atoms with Crippen molar-refractivity contribution in [2.75, 3.05) is 0 Å². The van der Waals surface area contributed by atoms with E-state index >= 15 is 0 Å². The first-order valence-corrected chi connectivity index (χ1v) is 6.66. The fourth-order valence-electron chi connectivity index (χ4n) is 2.12. The van der Waals surface area contributed by atoms with Crippen molar-refractivity contribution < 1.29 is 9.90 Å². The van der Waals surface area contributed by atoms with Crippen molar-refractivity contribution in [1.82, 2.24) is 4.57 Å². The Morgan fingerprint density at radius 2 is 2.06 bits per heavy atom. The van der Waals surface area contributed by atoms with Crippen LogP contribution in [0.3, 0.4) is 0 Å². The Morgan fingerprint density at radius 1 is 1.33 bits per heavy atom. The number of carbonyl (C=O) groups is 1. The van der Waals surface area contributed by atoms with E-state index in [1.54, 1.807) is 12.1 Å². The normalized spacial score (nSPS) is 11.5. The van der Waals surface area contributed by atoms with E-state index in [4.69, 9.17) is 28.3 Å². The smallest absolute Gasteiger partial charge is 0.345 e. The van der Waals surface area contributed by atoms with Crippen LogP contribution in [0.15, 0.2) is 18.2 Å². The largest absolute Gasteiger partial charge is 0.477 e. The summed E-state index contributed by atoms with van der Waals surface area (Å²) in [5, 5.41) is 11.8. The van der Waals surface area contributed by atoms with Crippen LogP contribution in [0.1, 0.15) is 9.67 Å². The topological polar surface area (TPSA) is 42.2 Å². The zero-order chi connectivity index (χ0) is 13.0. The van der Waals surface area contributed by atoms with Gasteiger partial charge in [0.15, 0.2) is 0 Å². The SMILES string of the molecule is Cn1c2cc(Cl)cc(Cl)c2c2cc(C(=O)O)sc21. The number of fused-ring (bicyclic) bond motifs is 3. The van der Waals surface area contributed by atoms with Crippen molar-refractivity contribution in [3.8, 4) is 0 Å². The van der Waals surface area contributed by atoms with Crippen molar-refractivity contribution in [2.45, 2.75) is 0 Å². The number of rotatable bonds is 1. The van der Waals surface area contributed by atoms with Crippen molar-refractivity contribution >= 4 is 61.6 Å². The molecule has 2 heterocycles. The molecule has 0 saturated heterocycles. The summed E-state index contributed by atoms with van der Waals surface area (Å²) >= 11 is 13.4. The molecule has 0 aliphatic rings. The predicted molar refractivity (Wildman–Crippen MR) is 75.3 cm³/mol. The number of halogens is 2. The van der Waals surface area contributed by atoms with Gasteiger partial charge in [0.1, 0.15) is 9.71 Å². The van der Waals surface area contributed by atoms with Crippen LogP contribution in [0.25, 0.3) is 21.1 Å². The molecule has 3 nitrogen and oxygen atoms in total. The third kappa shape index (κ3) is 1.53. The van der Waals surface area contributed by atoms with E-state index in [0.717, 1.165) is 21.1 Å². The third-order valence-electron chi connectivity index (χ3n) is 2.89. The first kappa shape index (κ1) is 11.8. The van der Waals surface area contributed by atoms with Crippen LogP contribution in [0.5, 0.6) is 0 Å². The highest BCUT2D eigenvalue weighted by Crippen LogP contribution is 2.39. The maximum Gasteiger partial charge on any atom is 0.345 e. The van der Waals surface area contributed by atoms with Crippen molar-refractivity contribution in [1.29, 1.82) is 0 Å². The lowest BCUT2D eigenvalue weighted by atomic mass is 10.2. The standard InChI is InChI=1S/C12H7Cl2NO2S/c1-15-8-3-5(13)2-7(14)10(8)6-4-9(12(16)17)18-11(6)15/h2-4H,1H3,(H,16,17). The highest BCUT2D eigenvalue weighted by Gasteiger charge is 2.17. The molecule has 0 atom stereocenters. The molecule has 0 aliphatic heterocycles. The molecule has 0 bridgehead atoms. The predicted octanol–water partition coefficient (Wildman–Crippen LogP) is 4.40. The molecule has 2 aromatic heterocycles. The number of nitrogens with zero attached hydrogens (tertiary/aromatic N) is 1. The van der Waals surface area contributed by atoms with Crippen LogP contribution >= 0.6 is 34.5 Å². The highest BCUT2D eigenvalue weighted by molar-refractivity contribution is 7.20. The maximum absolute atomic E-state index is 11.0. The first-order valence-electron chi connectivity index (χ1n) is 5.09. The van der Waals surface area contributed by atoms with Gasteiger partial charge in [0.2, 0.25) is 0 Å². The van der Waals surface area contributed by atoms with Crippen LogP contribution in [-0.2, 0) is 7.05 Å². The number of aromatic carboxylic acids is 1. The second-order valence-corrected chi connectivity index (χ2v) is 5.85. The summed E-state index contributed by atoms with van der Waals surface area (Å²) in [7, 11) is 1.87. The number of hydrogen-bond donors (Lipinski definition) is 1. The molecule has 3 aromatic rings. The Bertz CT molecular complexity index is 803. The first-order chi connectivity index (χ1) is 8.49. The van der Waals surface area contributed by atoms with E-state index in [9.17, 15) is 4.79 Å². The van der Waals surface area contributed by atoms with Gasteiger partial charge in [-0.3, -0.25) is 0 Å². The van der Waals surface area contributed by atoms with Crippen LogP contribution in [0, 0.1) is 0 Å². The summed E-state index contributed by atoms with van der Waals surface area (Å²) < 4.78 is 1.92. The number of carboxylic acids is 1. The second-order valence-electron chi connectivity index (χ2n) is 3.98. The summed E-state index contributed by atoms with van der Waals surface area (Å²) in [4.78, 5) is 12.2. The third-order valence-corrected chi connectivity index (χ3v) is 4.61. The lowest BCUT2D eigenvalue weighted by Crippen LogP contribution is -1.90. The molecular formula is C12H7Cl2NO2S. The van der Waals surface area contributed by atoms with Gasteiger partial charge in [0, 0.05) is 22.8 Å². The molecule has 0 spiro atoms. The van der Waals surface area contributed by atoms with E-state index in [2.05, 4.69) is 0 Å². The molecule has 0 unspecified atom stereocenters. The number of aryl methyl sites for hydroxylation is 1. The molecule has 0 saturated carbocycles. The van der Waals surface area contributed by atoms with Gasteiger partial charge in [0.05, 0.1) is 10.5 Å². The second kappa shape index (κ2) is 3.88. The van der Waals surface area contributed by atoms with E-state index in [1.165, 1.54) is 11.3 Å². The zero-order valence-corrected chi connectivity index (χ0v) is 11.5. The summed E-state index contributed by atoms with van der Waals surface area (Å²) in [6.45, 7) is 0. The Balaban J connectivity index is 2.52. The zero-order valence-electron chi connectivity index (χ0n) is 9.20. The van der Waals surface area contributed by atoms with E-state index in [1.807, 2.05) is 17.7 Å². The number of thiophene rings is 1. The molecule has 0 amide bonds. The lowest BCUT2D eigenvalue weighted by Gasteiger charge is -2.00. The van der Waals surface area contributed by atoms with Gasteiger partial charge >= 0.3 is 5.97 Å². The van der Waals surface area contributed by atoms with Gasteiger partial charge in [-0.25, -0.2) is 4.79 Å². The fraction of sp³-hybridized carbons (Fsp3) is 0.0833. The van der Waals surface area contributed by atoms with Crippen LogP contribution < -0.4 is 0 Å². The van der Waals surface area contributed by atoms with Gasteiger partial charge in [-0.1, -0.05) is 23.2 Å². The van der Waals surface area contributed by atoms with Gasteiger partial charge in [-0.15, -0.1) is 11.3 Å². The summed E-state index contributed by atoms with van der Waals surface area (Å²) in [5.74, 6) is -0.922. The summed E-state index contributed by atoms with van der Waals surface area (Å²) in [6.07, 6.45) is 0. The van der Waals surface area contributed by atoms with Gasteiger partial charge in [0.25, 0.3) is 0 Å². The monoisotopic (exact) mass is 299 g/mol. The van der Waals surface area contributed by atoms with Gasteiger partial charge in [-0.05, 0) is 18.2 Å². The van der Waals surface area contributed by atoms with Crippen molar-refractivity contribution in [3.63, 3.8) is 0 Å². The average molecular weight is 300 g/mol. The number of hydrogen-bond acceptors (Lipinski definition) is 2. The van der Waals surface area contributed by atoms with Gasteiger partial charge < -0.3 is 9.67 Å². The summed E-state index contributed by atoms with van der Waals surface area (Å²) in [6, 6.07) is 5.16. The average Bonchev–Trinajstić information content (AvgIpc) is 2.80. The van der Waals surface area contributed by atoms with Crippen LogP contribution in [-0.4, -0.2) is 15.6 Å². The molecular weight excluding hydrogens is 293 g/mol. The molecule has 0 radical (unpaired) electrons. The molecule has 92 valence electrons. The molecule has 3 rings (SSSR count). The van der Waals surface area contributed by atoms with E-state index in [-0.39, 0.29) is 0 Å². The summed E-state index contributed by atoms with van der Waals surface area (Å²) in [5.41, 5.74) is 0.908. The molecule has 1 N–H and O–H groups in total.